The lowest BCUT2D eigenvalue weighted by atomic mass is 10.1. The zero-order chi connectivity index (χ0) is 9.30. The molecule has 0 radical (unpaired) electrons. The van der Waals surface area contributed by atoms with E-state index in [9.17, 15) is 9.18 Å². The van der Waals surface area contributed by atoms with E-state index in [1.165, 1.54) is 13.0 Å². The summed E-state index contributed by atoms with van der Waals surface area (Å²) in [6.45, 7) is 1.40. The van der Waals surface area contributed by atoms with Crippen molar-refractivity contribution in [1.82, 2.24) is 0 Å². The molecular weight excluding hydrogens is 291 g/mol. The maximum absolute atomic E-state index is 13.1. The predicted molar refractivity (Wildman–Crippen MR) is 51.8 cm³/mol. The minimum Gasteiger partial charge on any atom is -0.294 e. The third-order valence-corrected chi connectivity index (χ3v) is 2.80. The van der Waals surface area contributed by atoms with Gasteiger partial charge in [0.05, 0.1) is 8.95 Å². The van der Waals surface area contributed by atoms with Crippen molar-refractivity contribution in [2.24, 2.45) is 0 Å². The molecule has 0 aliphatic carbocycles. The largest absolute Gasteiger partial charge is 0.294 e. The van der Waals surface area contributed by atoms with Crippen LogP contribution in [0.4, 0.5) is 4.39 Å². The quantitative estimate of drug-likeness (QED) is 0.572. The summed E-state index contributed by atoms with van der Waals surface area (Å²) in [6.07, 6.45) is 0. The van der Waals surface area contributed by atoms with Crippen molar-refractivity contribution < 1.29 is 9.18 Å². The van der Waals surface area contributed by atoms with Crippen molar-refractivity contribution in [3.63, 3.8) is 0 Å². The molecule has 0 saturated heterocycles. The van der Waals surface area contributed by atoms with Gasteiger partial charge in [0.2, 0.25) is 0 Å². The third-order valence-electron chi connectivity index (χ3n) is 1.41. The van der Waals surface area contributed by atoms with E-state index in [1.807, 2.05) is 0 Å². The first-order valence-electron chi connectivity index (χ1n) is 3.18. The van der Waals surface area contributed by atoms with Gasteiger partial charge in [0, 0.05) is 5.56 Å². The van der Waals surface area contributed by atoms with Crippen LogP contribution in [0.1, 0.15) is 17.3 Å². The highest BCUT2D eigenvalue weighted by molar-refractivity contribution is 9.11. The second kappa shape index (κ2) is 3.66. The summed E-state index contributed by atoms with van der Waals surface area (Å²) in [4.78, 5) is 10.9. The van der Waals surface area contributed by atoms with Gasteiger partial charge in [-0.05, 0) is 50.9 Å². The van der Waals surface area contributed by atoms with Crippen LogP contribution in [0.2, 0.25) is 0 Å². The Bertz CT molecular complexity index is 336. The van der Waals surface area contributed by atoms with Crippen LogP contribution in [0.25, 0.3) is 0 Å². The Morgan fingerprint density at radius 3 is 2.50 bits per heavy atom. The summed E-state index contributed by atoms with van der Waals surface area (Å²) in [6, 6.07) is 3.08. The van der Waals surface area contributed by atoms with E-state index in [0.717, 1.165) is 0 Å². The molecule has 0 amide bonds. The van der Waals surface area contributed by atoms with Crippen LogP contribution in [0.5, 0.6) is 0 Å². The van der Waals surface area contributed by atoms with E-state index in [4.69, 9.17) is 0 Å². The lowest BCUT2D eigenvalue weighted by molar-refractivity contribution is 0.101. The van der Waals surface area contributed by atoms with Crippen molar-refractivity contribution in [3.05, 3.63) is 32.5 Å². The molecule has 0 fully saturated rings. The lowest BCUT2D eigenvalue weighted by Gasteiger charge is -2.02. The average Bonchev–Trinajstić information content (AvgIpc) is 2.00. The Kier molecular flexibility index (Phi) is 3.01. The van der Waals surface area contributed by atoms with Crippen molar-refractivity contribution in [2.75, 3.05) is 0 Å². The zero-order valence-corrected chi connectivity index (χ0v) is 9.37. The van der Waals surface area contributed by atoms with Gasteiger partial charge in [-0.2, -0.15) is 0 Å². The van der Waals surface area contributed by atoms with Crippen molar-refractivity contribution in [1.29, 1.82) is 0 Å². The summed E-state index contributed by atoms with van der Waals surface area (Å²) >= 11 is 6.02. The number of benzene rings is 1. The standard InChI is InChI=1S/C8H5Br2FO/c1-4(12)5-2-3-6(9)8(11)7(5)10/h2-3H,1H3. The molecule has 0 unspecified atom stereocenters. The van der Waals surface area contributed by atoms with Gasteiger partial charge in [-0.1, -0.05) is 0 Å². The summed E-state index contributed by atoms with van der Waals surface area (Å²) in [5.41, 5.74) is 0.357. The predicted octanol–water partition coefficient (Wildman–Crippen LogP) is 3.55. The molecule has 1 rings (SSSR count). The fraction of sp³-hybridized carbons (Fsp3) is 0.125. The molecule has 0 spiro atoms. The molecule has 1 aromatic carbocycles. The first-order valence-corrected chi connectivity index (χ1v) is 4.77. The number of hydrogen-bond acceptors (Lipinski definition) is 1. The van der Waals surface area contributed by atoms with E-state index in [-0.39, 0.29) is 10.3 Å². The van der Waals surface area contributed by atoms with E-state index in [2.05, 4.69) is 31.9 Å². The minimum absolute atomic E-state index is 0.159. The van der Waals surface area contributed by atoms with Gasteiger partial charge in [-0.3, -0.25) is 4.79 Å². The van der Waals surface area contributed by atoms with Gasteiger partial charge in [0.25, 0.3) is 0 Å². The SMILES string of the molecule is CC(=O)c1ccc(Br)c(F)c1Br. The van der Waals surface area contributed by atoms with Gasteiger partial charge in [-0.15, -0.1) is 0 Å². The normalized spacial score (nSPS) is 10.0. The fourth-order valence-corrected chi connectivity index (χ4v) is 2.02. The summed E-state index contributed by atoms with van der Waals surface area (Å²) in [5.74, 6) is -0.601. The molecule has 12 heavy (non-hydrogen) atoms. The molecule has 1 aromatic rings. The third kappa shape index (κ3) is 1.75. The maximum atomic E-state index is 13.1. The zero-order valence-electron chi connectivity index (χ0n) is 6.20. The van der Waals surface area contributed by atoms with E-state index in [1.54, 1.807) is 6.07 Å². The first-order chi connectivity index (χ1) is 5.54. The molecule has 0 N–H and O–H groups in total. The number of carbonyl (C=O) groups is 1. The Hall–Kier alpha value is -0.220. The minimum atomic E-state index is -0.442. The average molecular weight is 296 g/mol. The molecule has 0 bridgehead atoms. The molecule has 0 atom stereocenters. The number of Topliss-reactive ketones (excluding diaryl/α,β-unsaturated/α-hetero) is 1. The van der Waals surface area contributed by atoms with E-state index in [0.29, 0.717) is 10.0 Å². The molecule has 0 saturated carbocycles. The highest BCUT2D eigenvalue weighted by Gasteiger charge is 2.11. The highest BCUT2D eigenvalue weighted by atomic mass is 79.9. The molecule has 64 valence electrons. The van der Waals surface area contributed by atoms with Crippen molar-refractivity contribution >= 4 is 37.6 Å². The van der Waals surface area contributed by atoms with Crippen LogP contribution in [0.15, 0.2) is 21.1 Å². The van der Waals surface area contributed by atoms with Crippen LogP contribution in [0.3, 0.4) is 0 Å². The maximum Gasteiger partial charge on any atom is 0.161 e. The number of rotatable bonds is 1. The Morgan fingerprint density at radius 1 is 1.42 bits per heavy atom. The van der Waals surface area contributed by atoms with Crippen LogP contribution in [-0.4, -0.2) is 5.78 Å². The van der Waals surface area contributed by atoms with Gasteiger partial charge in [0.15, 0.2) is 11.6 Å². The number of halogens is 3. The summed E-state index contributed by atoms with van der Waals surface area (Å²) in [5, 5.41) is 0. The van der Waals surface area contributed by atoms with Gasteiger partial charge in [-0.25, -0.2) is 4.39 Å². The number of ketones is 1. The van der Waals surface area contributed by atoms with Gasteiger partial charge in [0.1, 0.15) is 0 Å². The molecule has 4 heteroatoms. The van der Waals surface area contributed by atoms with Crippen LogP contribution >= 0.6 is 31.9 Å². The van der Waals surface area contributed by atoms with Gasteiger partial charge < -0.3 is 0 Å². The highest BCUT2D eigenvalue weighted by Crippen LogP contribution is 2.27. The lowest BCUT2D eigenvalue weighted by Crippen LogP contribution is -1.95. The first kappa shape index (κ1) is 9.86. The van der Waals surface area contributed by atoms with Crippen LogP contribution < -0.4 is 0 Å². The van der Waals surface area contributed by atoms with Crippen molar-refractivity contribution in [2.45, 2.75) is 6.92 Å². The van der Waals surface area contributed by atoms with Crippen LogP contribution in [-0.2, 0) is 0 Å². The summed E-state index contributed by atoms with van der Waals surface area (Å²) < 4.78 is 13.7. The number of hydrogen-bond donors (Lipinski definition) is 0. The van der Waals surface area contributed by atoms with E-state index >= 15 is 0 Å². The smallest absolute Gasteiger partial charge is 0.161 e. The molecular formula is C8H5Br2FO. The number of carbonyl (C=O) groups excluding carboxylic acids is 1. The molecule has 0 aromatic heterocycles. The molecule has 0 aliphatic heterocycles. The second-order valence-corrected chi connectivity index (χ2v) is 3.93. The Morgan fingerprint density at radius 2 is 2.00 bits per heavy atom. The monoisotopic (exact) mass is 294 g/mol. The molecule has 0 aliphatic rings. The van der Waals surface area contributed by atoms with Crippen molar-refractivity contribution in [3.8, 4) is 0 Å². The van der Waals surface area contributed by atoms with Gasteiger partial charge >= 0.3 is 0 Å². The summed E-state index contributed by atoms with van der Waals surface area (Å²) in [7, 11) is 0. The second-order valence-electron chi connectivity index (χ2n) is 2.28. The fourth-order valence-electron chi connectivity index (χ4n) is 0.798. The topological polar surface area (TPSA) is 17.1 Å². The molecule has 0 heterocycles. The Labute approximate surface area is 86.2 Å². The van der Waals surface area contributed by atoms with Crippen LogP contribution in [0, 0.1) is 5.82 Å². The molecule has 1 nitrogen and oxygen atoms in total. The Balaban J connectivity index is 3.36. The van der Waals surface area contributed by atoms with E-state index < -0.39 is 5.82 Å².